The van der Waals surface area contributed by atoms with Crippen LogP contribution in [0.2, 0.25) is 0 Å². The maximum atomic E-state index is 12.8. The number of carbonyl (C=O) groups excluding carboxylic acids is 1. The van der Waals surface area contributed by atoms with Crippen molar-refractivity contribution in [2.45, 2.75) is 56.0 Å². The van der Waals surface area contributed by atoms with Crippen LogP contribution in [0, 0.1) is 0 Å². The lowest BCUT2D eigenvalue weighted by Gasteiger charge is -2.16. The third-order valence-electron chi connectivity index (χ3n) is 4.81. The van der Waals surface area contributed by atoms with Crippen molar-refractivity contribution in [3.8, 4) is 10.7 Å². The number of hydrogen-bond donors (Lipinski definition) is 1. The molecule has 0 radical (unpaired) electrons. The van der Waals surface area contributed by atoms with E-state index in [2.05, 4.69) is 51.4 Å². The molecule has 5 nitrogen and oxygen atoms in total. The first kappa shape index (κ1) is 19.2. The van der Waals surface area contributed by atoms with Crippen LogP contribution in [-0.4, -0.2) is 25.9 Å². The predicted octanol–water partition coefficient (Wildman–Crippen LogP) is 5.58. The third kappa shape index (κ3) is 4.00. The van der Waals surface area contributed by atoms with Crippen LogP contribution >= 0.6 is 23.1 Å². The molecule has 1 fully saturated rings. The maximum absolute atomic E-state index is 12.8. The summed E-state index contributed by atoms with van der Waals surface area (Å²) >= 11 is 3.15. The Balaban J connectivity index is 1.51. The number of nitrogens with zero attached hydrogens (tertiary/aromatic N) is 3. The Labute approximate surface area is 173 Å². The van der Waals surface area contributed by atoms with Gasteiger partial charge in [0.05, 0.1) is 10.1 Å². The minimum absolute atomic E-state index is 0.0129. The van der Waals surface area contributed by atoms with Crippen LogP contribution < -0.4 is 5.32 Å². The van der Waals surface area contributed by atoms with Gasteiger partial charge in [-0.25, -0.2) is 0 Å². The zero-order valence-electron chi connectivity index (χ0n) is 16.3. The van der Waals surface area contributed by atoms with Crippen LogP contribution in [0.5, 0.6) is 0 Å². The van der Waals surface area contributed by atoms with E-state index in [0.29, 0.717) is 12.0 Å². The number of carbonyl (C=O) groups is 1. The van der Waals surface area contributed by atoms with E-state index < -0.39 is 0 Å². The molecule has 1 saturated carbocycles. The number of thioether (sulfide) groups is 1. The summed E-state index contributed by atoms with van der Waals surface area (Å²) in [6, 6.07) is 12.5. The molecule has 146 valence electrons. The van der Waals surface area contributed by atoms with Gasteiger partial charge in [0.15, 0.2) is 11.0 Å². The van der Waals surface area contributed by atoms with E-state index in [-0.39, 0.29) is 11.2 Å². The molecule has 1 aliphatic rings. The van der Waals surface area contributed by atoms with Crippen molar-refractivity contribution < 1.29 is 4.79 Å². The number of benzene rings is 1. The van der Waals surface area contributed by atoms with E-state index in [1.54, 1.807) is 11.3 Å². The molecule has 1 atom stereocenters. The lowest BCUT2D eigenvalue weighted by Crippen LogP contribution is -2.23. The smallest absolute Gasteiger partial charge is 0.237 e. The lowest BCUT2D eigenvalue weighted by atomic mass is 10.0. The second-order valence-electron chi connectivity index (χ2n) is 7.38. The summed E-state index contributed by atoms with van der Waals surface area (Å²) < 4.78 is 2.21. The van der Waals surface area contributed by atoms with E-state index >= 15 is 0 Å². The number of para-hydroxylation sites is 1. The number of nitrogens with one attached hydrogen (secondary N) is 1. The fourth-order valence-corrected chi connectivity index (χ4v) is 4.78. The van der Waals surface area contributed by atoms with Crippen LogP contribution in [0.25, 0.3) is 10.7 Å². The Hall–Kier alpha value is -2.12. The Morgan fingerprint density at radius 3 is 2.64 bits per heavy atom. The van der Waals surface area contributed by atoms with Gasteiger partial charge in [-0.15, -0.1) is 21.5 Å². The molecule has 3 aromatic rings. The van der Waals surface area contributed by atoms with Crippen molar-refractivity contribution in [1.82, 2.24) is 14.8 Å². The van der Waals surface area contributed by atoms with E-state index in [1.165, 1.54) is 11.8 Å². The normalized spacial score (nSPS) is 15.0. The van der Waals surface area contributed by atoms with E-state index in [0.717, 1.165) is 40.0 Å². The average molecular weight is 413 g/mol. The molecular weight excluding hydrogens is 388 g/mol. The minimum atomic E-state index is -0.266. The van der Waals surface area contributed by atoms with Crippen molar-refractivity contribution in [1.29, 1.82) is 0 Å². The monoisotopic (exact) mass is 412 g/mol. The highest BCUT2D eigenvalue weighted by atomic mass is 32.2. The van der Waals surface area contributed by atoms with Gasteiger partial charge >= 0.3 is 0 Å². The first-order valence-corrected chi connectivity index (χ1v) is 11.4. The van der Waals surface area contributed by atoms with Gasteiger partial charge in [0.2, 0.25) is 5.91 Å². The van der Waals surface area contributed by atoms with Crippen LogP contribution in [0.4, 0.5) is 5.69 Å². The standard InChI is InChI=1S/C21H24N4OS2/c1-13(2)16-7-4-5-8-17(16)22-20(26)14(3)28-21-24-23-19(18-9-6-12-27-18)25(21)15-10-11-15/h4-9,12-15H,10-11H2,1-3H3,(H,22,26)/t14-/m1/s1. The molecule has 28 heavy (non-hydrogen) atoms. The Bertz CT molecular complexity index is 961. The van der Waals surface area contributed by atoms with Crippen LogP contribution in [-0.2, 0) is 4.79 Å². The van der Waals surface area contributed by atoms with Gasteiger partial charge < -0.3 is 5.32 Å². The maximum Gasteiger partial charge on any atom is 0.237 e. The van der Waals surface area contributed by atoms with Gasteiger partial charge in [0.25, 0.3) is 0 Å². The van der Waals surface area contributed by atoms with Gasteiger partial charge in [-0.05, 0) is 48.8 Å². The van der Waals surface area contributed by atoms with Crippen molar-refractivity contribution in [2.24, 2.45) is 0 Å². The number of hydrogen-bond acceptors (Lipinski definition) is 5. The highest BCUT2D eigenvalue weighted by Gasteiger charge is 2.31. The molecule has 0 bridgehead atoms. The van der Waals surface area contributed by atoms with Gasteiger partial charge in [-0.1, -0.05) is 49.9 Å². The molecule has 2 aromatic heterocycles. The largest absolute Gasteiger partial charge is 0.325 e. The fraction of sp³-hybridized carbons (Fsp3) is 0.381. The molecule has 7 heteroatoms. The second kappa shape index (κ2) is 8.09. The number of anilines is 1. The molecule has 0 aliphatic heterocycles. The quantitative estimate of drug-likeness (QED) is 0.514. The van der Waals surface area contributed by atoms with Crippen LogP contribution in [0.15, 0.2) is 46.9 Å². The highest BCUT2D eigenvalue weighted by Crippen LogP contribution is 2.42. The van der Waals surface area contributed by atoms with E-state index in [1.807, 2.05) is 31.2 Å². The van der Waals surface area contributed by atoms with E-state index in [4.69, 9.17) is 0 Å². The zero-order chi connectivity index (χ0) is 19.7. The molecule has 0 saturated heterocycles. The Kier molecular flexibility index (Phi) is 5.55. The average Bonchev–Trinajstić information content (AvgIpc) is 3.20. The lowest BCUT2D eigenvalue weighted by molar-refractivity contribution is -0.115. The zero-order valence-corrected chi connectivity index (χ0v) is 17.9. The molecule has 1 N–H and O–H groups in total. The topological polar surface area (TPSA) is 59.8 Å². The molecule has 1 aliphatic carbocycles. The summed E-state index contributed by atoms with van der Waals surface area (Å²) in [4.78, 5) is 14.0. The molecule has 0 spiro atoms. The van der Waals surface area contributed by atoms with Gasteiger partial charge in [-0.2, -0.15) is 0 Å². The van der Waals surface area contributed by atoms with Gasteiger partial charge in [0, 0.05) is 11.7 Å². The van der Waals surface area contributed by atoms with Crippen molar-refractivity contribution in [3.05, 3.63) is 47.3 Å². The number of rotatable bonds is 7. The van der Waals surface area contributed by atoms with E-state index in [9.17, 15) is 4.79 Å². The molecular formula is C21H24N4OS2. The molecule has 2 heterocycles. The SMILES string of the molecule is CC(C)c1ccccc1NC(=O)[C@@H](C)Sc1nnc(-c2cccs2)n1C1CC1. The van der Waals surface area contributed by atoms with Crippen molar-refractivity contribution >= 4 is 34.7 Å². The molecule has 0 unspecified atom stereocenters. The van der Waals surface area contributed by atoms with Crippen molar-refractivity contribution in [3.63, 3.8) is 0 Å². The summed E-state index contributed by atoms with van der Waals surface area (Å²) in [7, 11) is 0. The van der Waals surface area contributed by atoms with Crippen molar-refractivity contribution in [2.75, 3.05) is 5.32 Å². The summed E-state index contributed by atoms with van der Waals surface area (Å²) in [5.41, 5.74) is 2.03. The summed E-state index contributed by atoms with van der Waals surface area (Å²) in [6.07, 6.45) is 2.29. The third-order valence-corrected chi connectivity index (χ3v) is 6.73. The minimum Gasteiger partial charge on any atom is -0.325 e. The first-order valence-electron chi connectivity index (χ1n) is 9.59. The second-order valence-corrected chi connectivity index (χ2v) is 9.63. The number of aromatic nitrogens is 3. The summed E-state index contributed by atoms with van der Waals surface area (Å²) in [5, 5.41) is 14.5. The summed E-state index contributed by atoms with van der Waals surface area (Å²) in [6.45, 7) is 6.19. The Morgan fingerprint density at radius 1 is 1.18 bits per heavy atom. The van der Waals surface area contributed by atoms with Crippen LogP contribution in [0.3, 0.4) is 0 Å². The fourth-order valence-electron chi connectivity index (χ4n) is 3.15. The molecule has 1 aromatic carbocycles. The first-order chi connectivity index (χ1) is 13.5. The number of amides is 1. The Morgan fingerprint density at radius 2 is 1.96 bits per heavy atom. The summed E-state index contributed by atoms with van der Waals surface area (Å²) in [5.74, 6) is 1.25. The molecule has 4 rings (SSSR count). The highest BCUT2D eigenvalue weighted by molar-refractivity contribution is 8.00. The number of thiophene rings is 1. The molecule has 1 amide bonds. The van der Waals surface area contributed by atoms with Gasteiger partial charge in [0.1, 0.15) is 0 Å². The predicted molar refractivity (Wildman–Crippen MR) is 116 cm³/mol. The van der Waals surface area contributed by atoms with Gasteiger partial charge in [-0.3, -0.25) is 9.36 Å². The van der Waals surface area contributed by atoms with Crippen LogP contribution in [0.1, 0.15) is 51.1 Å².